The molecule has 0 fully saturated rings. The average Bonchev–Trinajstić information content (AvgIpc) is 3.08. The first-order valence-corrected chi connectivity index (χ1v) is 8.51. The number of halogens is 1. The van der Waals surface area contributed by atoms with Crippen LogP contribution < -0.4 is 16.6 Å². The van der Waals surface area contributed by atoms with Crippen molar-refractivity contribution in [3.05, 3.63) is 62.8 Å². The van der Waals surface area contributed by atoms with Gasteiger partial charge < -0.3 is 9.88 Å². The quantitative estimate of drug-likeness (QED) is 0.688. The van der Waals surface area contributed by atoms with Gasteiger partial charge in [-0.25, -0.2) is 14.2 Å². The molecule has 2 heterocycles. The number of nitrogens with one attached hydrogen (secondary N) is 1. The third-order valence-corrected chi connectivity index (χ3v) is 4.45. The van der Waals surface area contributed by atoms with Gasteiger partial charge in [0.25, 0.3) is 5.56 Å². The smallest absolute Gasteiger partial charge is 0.332 e. The molecule has 0 bridgehead atoms. The van der Waals surface area contributed by atoms with Gasteiger partial charge >= 0.3 is 5.69 Å². The number of hydrogen-bond acceptors (Lipinski definition) is 4. The monoisotopic (exact) mass is 373 g/mol. The van der Waals surface area contributed by atoms with E-state index in [1.54, 1.807) is 29.8 Å². The van der Waals surface area contributed by atoms with Crippen molar-refractivity contribution in [3.8, 4) is 0 Å². The van der Waals surface area contributed by atoms with Crippen molar-refractivity contribution in [2.24, 2.45) is 14.1 Å². The lowest BCUT2D eigenvalue weighted by Crippen LogP contribution is -2.37. The Kier molecular flexibility index (Phi) is 5.20. The molecule has 0 radical (unpaired) electrons. The van der Waals surface area contributed by atoms with Gasteiger partial charge in [0.1, 0.15) is 5.82 Å². The van der Waals surface area contributed by atoms with Crippen molar-refractivity contribution in [3.63, 3.8) is 0 Å². The predicted octanol–water partition coefficient (Wildman–Crippen LogP) is 0.669. The molecule has 142 valence electrons. The molecule has 0 aliphatic rings. The normalized spacial score (nSPS) is 11.1. The zero-order valence-electron chi connectivity index (χ0n) is 15.1. The first-order chi connectivity index (χ1) is 12.9. The summed E-state index contributed by atoms with van der Waals surface area (Å²) in [5, 5.41) is 2.68. The van der Waals surface area contributed by atoms with Gasteiger partial charge in [-0.15, -0.1) is 0 Å². The van der Waals surface area contributed by atoms with E-state index in [0.29, 0.717) is 29.7 Å². The first kappa shape index (κ1) is 18.6. The number of imidazole rings is 1. The molecule has 2 aromatic heterocycles. The number of nitrogens with zero attached hydrogens (tertiary/aromatic N) is 4. The van der Waals surface area contributed by atoms with E-state index < -0.39 is 11.2 Å². The number of hydrogen-bond donors (Lipinski definition) is 1. The predicted molar refractivity (Wildman–Crippen MR) is 97.7 cm³/mol. The number of fused-ring (bicyclic) bond motifs is 1. The maximum atomic E-state index is 13.5. The summed E-state index contributed by atoms with van der Waals surface area (Å²) in [6, 6.07) is 6.27. The van der Waals surface area contributed by atoms with Gasteiger partial charge in [-0.1, -0.05) is 18.2 Å². The lowest BCUT2D eigenvalue weighted by Gasteiger charge is -2.08. The van der Waals surface area contributed by atoms with Crippen LogP contribution in [-0.4, -0.2) is 24.6 Å². The summed E-state index contributed by atoms with van der Waals surface area (Å²) in [6.45, 7) is 0.527. The Morgan fingerprint density at radius 3 is 2.67 bits per heavy atom. The van der Waals surface area contributed by atoms with Crippen LogP contribution >= 0.6 is 0 Å². The number of aromatic nitrogens is 4. The number of benzene rings is 1. The van der Waals surface area contributed by atoms with Gasteiger partial charge in [-0.3, -0.25) is 18.7 Å². The summed E-state index contributed by atoms with van der Waals surface area (Å²) < 4.78 is 17.5. The molecule has 9 heteroatoms. The van der Waals surface area contributed by atoms with E-state index in [2.05, 4.69) is 10.3 Å². The van der Waals surface area contributed by atoms with Gasteiger partial charge in [0, 0.05) is 39.2 Å². The molecule has 1 amide bonds. The molecule has 0 saturated carbocycles. The second kappa shape index (κ2) is 7.56. The lowest BCUT2D eigenvalue weighted by molar-refractivity contribution is -0.121. The molecule has 3 rings (SSSR count). The van der Waals surface area contributed by atoms with Gasteiger partial charge in [-0.05, 0) is 12.5 Å². The van der Waals surface area contributed by atoms with Crippen LogP contribution in [0, 0.1) is 5.82 Å². The summed E-state index contributed by atoms with van der Waals surface area (Å²) in [5.41, 5.74) is 0.203. The first-order valence-electron chi connectivity index (χ1n) is 8.51. The summed E-state index contributed by atoms with van der Waals surface area (Å²) in [7, 11) is 2.97. The molecule has 1 aromatic carbocycles. The van der Waals surface area contributed by atoms with Gasteiger partial charge in [0.15, 0.2) is 11.2 Å². The van der Waals surface area contributed by atoms with Gasteiger partial charge in [0.05, 0.1) is 6.33 Å². The van der Waals surface area contributed by atoms with E-state index in [1.807, 2.05) is 0 Å². The van der Waals surface area contributed by atoms with E-state index in [-0.39, 0.29) is 24.7 Å². The van der Waals surface area contributed by atoms with E-state index >= 15 is 0 Å². The molecule has 0 aliphatic carbocycles. The third-order valence-electron chi connectivity index (χ3n) is 4.45. The SMILES string of the molecule is Cn1c(=O)c2c(ncn2CCCC(=O)NCc2ccccc2F)n(C)c1=O. The minimum atomic E-state index is -0.440. The van der Waals surface area contributed by atoms with Crippen LogP contribution in [0.25, 0.3) is 11.2 Å². The molecule has 27 heavy (non-hydrogen) atoms. The van der Waals surface area contributed by atoms with Crippen LogP contribution in [0.2, 0.25) is 0 Å². The zero-order chi connectivity index (χ0) is 19.6. The molecule has 0 spiro atoms. The zero-order valence-corrected chi connectivity index (χ0v) is 15.1. The van der Waals surface area contributed by atoms with E-state index in [9.17, 15) is 18.8 Å². The maximum Gasteiger partial charge on any atom is 0.332 e. The van der Waals surface area contributed by atoms with Gasteiger partial charge in [-0.2, -0.15) is 0 Å². The molecule has 0 unspecified atom stereocenters. The van der Waals surface area contributed by atoms with Crippen LogP contribution in [0.1, 0.15) is 18.4 Å². The summed E-state index contributed by atoms with van der Waals surface area (Å²) in [6.07, 6.45) is 2.18. The molecule has 1 N–H and O–H groups in total. The minimum absolute atomic E-state index is 0.127. The highest BCUT2D eigenvalue weighted by Crippen LogP contribution is 2.08. The molecule has 8 nitrogen and oxygen atoms in total. The standard InChI is InChI=1S/C18H20FN5O3/c1-22-16-15(17(26)23(2)18(22)27)24(11-21-16)9-5-8-14(25)20-10-12-6-3-4-7-13(12)19/h3-4,6-7,11H,5,8-10H2,1-2H3,(H,20,25). The highest BCUT2D eigenvalue weighted by molar-refractivity contribution is 5.75. The van der Waals surface area contributed by atoms with Gasteiger partial charge in [0.2, 0.25) is 5.91 Å². The van der Waals surface area contributed by atoms with E-state index in [1.165, 1.54) is 24.0 Å². The van der Waals surface area contributed by atoms with Crippen molar-refractivity contribution < 1.29 is 9.18 Å². The number of carbonyl (C=O) groups excluding carboxylic acids is 1. The second-order valence-corrected chi connectivity index (χ2v) is 6.29. The Balaban J connectivity index is 1.63. The molecule has 3 aromatic rings. The summed E-state index contributed by atoms with van der Waals surface area (Å²) >= 11 is 0. The van der Waals surface area contributed by atoms with Crippen LogP contribution in [0.4, 0.5) is 4.39 Å². The Hall–Kier alpha value is -3.23. The maximum absolute atomic E-state index is 13.5. The molecule has 0 aliphatic heterocycles. The van der Waals surface area contributed by atoms with Crippen molar-refractivity contribution in [1.82, 2.24) is 24.0 Å². The topological polar surface area (TPSA) is 90.9 Å². The van der Waals surface area contributed by atoms with Crippen molar-refractivity contribution in [2.75, 3.05) is 0 Å². The number of carbonyl (C=O) groups is 1. The van der Waals surface area contributed by atoms with E-state index in [0.717, 1.165) is 4.57 Å². The number of amides is 1. The van der Waals surface area contributed by atoms with Crippen molar-refractivity contribution in [2.45, 2.75) is 25.9 Å². The summed E-state index contributed by atoms with van der Waals surface area (Å²) in [5.74, 6) is -0.563. The fraction of sp³-hybridized carbons (Fsp3) is 0.333. The molecular formula is C18H20FN5O3. The highest BCUT2D eigenvalue weighted by Gasteiger charge is 2.14. The van der Waals surface area contributed by atoms with Crippen LogP contribution in [0.3, 0.4) is 0 Å². The minimum Gasteiger partial charge on any atom is -0.352 e. The van der Waals surface area contributed by atoms with Crippen LogP contribution in [0.5, 0.6) is 0 Å². The van der Waals surface area contributed by atoms with Crippen LogP contribution in [-0.2, 0) is 32.0 Å². The summed E-state index contributed by atoms with van der Waals surface area (Å²) in [4.78, 5) is 40.4. The number of aryl methyl sites for hydroxylation is 2. The van der Waals surface area contributed by atoms with Crippen molar-refractivity contribution in [1.29, 1.82) is 0 Å². The van der Waals surface area contributed by atoms with E-state index in [4.69, 9.17) is 0 Å². The van der Waals surface area contributed by atoms with Crippen LogP contribution in [0.15, 0.2) is 40.2 Å². The fourth-order valence-corrected chi connectivity index (χ4v) is 2.90. The average molecular weight is 373 g/mol. The van der Waals surface area contributed by atoms with Crippen molar-refractivity contribution >= 4 is 17.1 Å². The third kappa shape index (κ3) is 3.67. The molecule has 0 saturated heterocycles. The Labute approximate surface area is 153 Å². The highest BCUT2D eigenvalue weighted by atomic mass is 19.1. The molecule has 0 atom stereocenters. The molecular weight excluding hydrogens is 353 g/mol. The Bertz CT molecular complexity index is 1110. The second-order valence-electron chi connectivity index (χ2n) is 6.29. The number of rotatable bonds is 6. The Morgan fingerprint density at radius 1 is 1.19 bits per heavy atom. The Morgan fingerprint density at radius 2 is 1.93 bits per heavy atom. The largest absolute Gasteiger partial charge is 0.352 e. The lowest BCUT2D eigenvalue weighted by atomic mass is 10.2. The fourth-order valence-electron chi connectivity index (χ4n) is 2.90.